The van der Waals surface area contributed by atoms with E-state index in [1.54, 1.807) is 7.05 Å². The monoisotopic (exact) mass is 228 g/mol. The van der Waals surface area contributed by atoms with Crippen molar-refractivity contribution < 1.29 is 9.53 Å². The molecule has 0 radical (unpaired) electrons. The predicted molar refractivity (Wildman–Crippen MR) is 64.0 cm³/mol. The third-order valence-electron chi connectivity index (χ3n) is 3.37. The second kappa shape index (κ2) is 6.86. The number of hydrogen-bond acceptors (Lipinski definition) is 3. The first-order valence-corrected chi connectivity index (χ1v) is 6.24. The molecule has 94 valence electrons. The molecule has 0 saturated heterocycles. The summed E-state index contributed by atoms with van der Waals surface area (Å²) in [5.74, 6) is 0.504. The number of carbonyl (C=O) groups excluding carboxylic acids is 1. The van der Waals surface area contributed by atoms with E-state index in [0.29, 0.717) is 5.92 Å². The van der Waals surface area contributed by atoms with Gasteiger partial charge < -0.3 is 15.8 Å². The van der Waals surface area contributed by atoms with Crippen LogP contribution in [0.3, 0.4) is 0 Å². The molecular formula is C12H24N2O2. The Balaban J connectivity index is 2.22. The van der Waals surface area contributed by atoms with Crippen molar-refractivity contribution in [3.8, 4) is 0 Å². The molecule has 0 aromatic rings. The highest BCUT2D eigenvalue weighted by Crippen LogP contribution is 2.24. The van der Waals surface area contributed by atoms with Gasteiger partial charge in [-0.25, -0.2) is 0 Å². The highest BCUT2D eigenvalue weighted by Gasteiger charge is 2.22. The smallest absolute Gasteiger partial charge is 0.239 e. The summed E-state index contributed by atoms with van der Waals surface area (Å²) in [5, 5.41) is 2.54. The molecule has 1 aliphatic rings. The molecule has 1 fully saturated rings. The lowest BCUT2D eigenvalue weighted by atomic mass is 9.90. The van der Waals surface area contributed by atoms with E-state index in [2.05, 4.69) is 5.32 Å². The summed E-state index contributed by atoms with van der Waals surface area (Å²) >= 11 is 0. The molecule has 4 nitrogen and oxygen atoms in total. The van der Waals surface area contributed by atoms with E-state index in [0.717, 1.165) is 6.61 Å². The molecule has 4 heteroatoms. The molecule has 0 aromatic carbocycles. The summed E-state index contributed by atoms with van der Waals surface area (Å²) in [5.41, 5.74) is 5.75. The maximum absolute atomic E-state index is 11.3. The lowest BCUT2D eigenvalue weighted by Gasteiger charge is -2.25. The van der Waals surface area contributed by atoms with Crippen molar-refractivity contribution in [2.75, 3.05) is 13.7 Å². The van der Waals surface area contributed by atoms with Crippen molar-refractivity contribution in [2.24, 2.45) is 11.7 Å². The van der Waals surface area contributed by atoms with Crippen molar-refractivity contribution in [1.29, 1.82) is 0 Å². The van der Waals surface area contributed by atoms with Gasteiger partial charge in [0.05, 0.1) is 6.10 Å². The second-order valence-corrected chi connectivity index (χ2v) is 4.68. The van der Waals surface area contributed by atoms with E-state index >= 15 is 0 Å². The van der Waals surface area contributed by atoms with E-state index in [9.17, 15) is 4.79 Å². The maximum Gasteiger partial charge on any atom is 0.239 e. The van der Waals surface area contributed by atoms with Crippen LogP contribution in [0.5, 0.6) is 0 Å². The van der Waals surface area contributed by atoms with Gasteiger partial charge in [-0.3, -0.25) is 4.79 Å². The first kappa shape index (κ1) is 13.5. The zero-order valence-electron chi connectivity index (χ0n) is 10.4. The Kier molecular flexibility index (Phi) is 5.77. The number of amides is 1. The Bertz CT molecular complexity index is 215. The minimum atomic E-state index is -0.561. The standard InChI is InChI=1S/C12H24N2O2/c1-9(11(13)12(15)14-2)16-8-10-6-4-3-5-7-10/h9-11H,3-8,13H2,1-2H3,(H,14,15)/t9-,11?/m1/s1. The van der Waals surface area contributed by atoms with Gasteiger partial charge in [-0.1, -0.05) is 19.3 Å². The molecule has 0 bridgehead atoms. The third kappa shape index (κ3) is 4.10. The van der Waals surface area contributed by atoms with Crippen molar-refractivity contribution >= 4 is 5.91 Å². The number of rotatable bonds is 5. The second-order valence-electron chi connectivity index (χ2n) is 4.68. The minimum Gasteiger partial charge on any atom is -0.376 e. The SMILES string of the molecule is CNC(=O)C(N)[C@@H](C)OCC1CCCCC1. The van der Waals surface area contributed by atoms with Crippen molar-refractivity contribution in [2.45, 2.75) is 51.2 Å². The Morgan fingerprint density at radius 1 is 1.44 bits per heavy atom. The van der Waals surface area contributed by atoms with Gasteiger partial charge in [0, 0.05) is 13.7 Å². The Morgan fingerprint density at radius 2 is 2.06 bits per heavy atom. The molecule has 1 unspecified atom stereocenters. The van der Waals surface area contributed by atoms with Gasteiger partial charge in [0.1, 0.15) is 6.04 Å². The summed E-state index contributed by atoms with van der Waals surface area (Å²) in [6.45, 7) is 2.61. The van der Waals surface area contributed by atoms with Gasteiger partial charge in [-0.2, -0.15) is 0 Å². The van der Waals surface area contributed by atoms with Crippen LogP contribution in [0.15, 0.2) is 0 Å². The molecular weight excluding hydrogens is 204 g/mol. The van der Waals surface area contributed by atoms with E-state index in [4.69, 9.17) is 10.5 Å². The van der Waals surface area contributed by atoms with Crippen LogP contribution in [0.25, 0.3) is 0 Å². The largest absolute Gasteiger partial charge is 0.376 e. The number of hydrogen-bond donors (Lipinski definition) is 2. The fourth-order valence-electron chi connectivity index (χ4n) is 2.13. The van der Waals surface area contributed by atoms with Gasteiger partial charge in [0.2, 0.25) is 5.91 Å². The summed E-state index contributed by atoms with van der Waals surface area (Å²) in [6, 6.07) is -0.561. The molecule has 16 heavy (non-hydrogen) atoms. The molecule has 0 heterocycles. The molecule has 1 saturated carbocycles. The molecule has 1 aliphatic carbocycles. The Labute approximate surface area is 97.9 Å². The van der Waals surface area contributed by atoms with Crippen LogP contribution in [0.2, 0.25) is 0 Å². The van der Waals surface area contributed by atoms with Crippen molar-refractivity contribution in [3.63, 3.8) is 0 Å². The number of ether oxygens (including phenoxy) is 1. The topological polar surface area (TPSA) is 64.4 Å². The molecule has 1 rings (SSSR count). The van der Waals surface area contributed by atoms with Crippen molar-refractivity contribution in [1.82, 2.24) is 5.32 Å². The molecule has 0 spiro atoms. The van der Waals surface area contributed by atoms with Gasteiger partial charge in [0.15, 0.2) is 0 Å². The van der Waals surface area contributed by atoms with Gasteiger partial charge >= 0.3 is 0 Å². The first-order chi connectivity index (χ1) is 7.65. The van der Waals surface area contributed by atoms with E-state index in [1.165, 1.54) is 32.1 Å². The van der Waals surface area contributed by atoms with Crippen LogP contribution in [-0.4, -0.2) is 31.7 Å². The van der Waals surface area contributed by atoms with Crippen LogP contribution in [-0.2, 0) is 9.53 Å². The summed E-state index contributed by atoms with van der Waals surface area (Å²) in [6.07, 6.45) is 6.27. The van der Waals surface area contributed by atoms with E-state index in [-0.39, 0.29) is 12.0 Å². The molecule has 1 amide bonds. The zero-order valence-corrected chi connectivity index (χ0v) is 10.4. The quantitative estimate of drug-likeness (QED) is 0.739. The molecule has 0 aromatic heterocycles. The minimum absolute atomic E-state index is 0.156. The zero-order chi connectivity index (χ0) is 12.0. The Morgan fingerprint density at radius 3 is 2.62 bits per heavy atom. The van der Waals surface area contributed by atoms with Crippen LogP contribution in [0.1, 0.15) is 39.0 Å². The normalized spacial score (nSPS) is 21.4. The highest BCUT2D eigenvalue weighted by molar-refractivity contribution is 5.81. The lowest BCUT2D eigenvalue weighted by molar-refractivity contribution is -0.125. The lowest BCUT2D eigenvalue weighted by Crippen LogP contribution is -2.47. The number of carbonyl (C=O) groups is 1. The fourth-order valence-corrected chi connectivity index (χ4v) is 2.13. The third-order valence-corrected chi connectivity index (χ3v) is 3.37. The van der Waals surface area contributed by atoms with Gasteiger partial charge in [0.25, 0.3) is 0 Å². The number of nitrogens with two attached hydrogens (primary N) is 1. The Hall–Kier alpha value is -0.610. The number of likely N-dealkylation sites (N-methyl/N-ethyl adjacent to an activating group) is 1. The average molecular weight is 228 g/mol. The molecule has 2 atom stereocenters. The fraction of sp³-hybridized carbons (Fsp3) is 0.917. The molecule has 3 N–H and O–H groups in total. The van der Waals surface area contributed by atoms with Crippen LogP contribution >= 0.6 is 0 Å². The first-order valence-electron chi connectivity index (χ1n) is 6.24. The van der Waals surface area contributed by atoms with Gasteiger partial charge in [-0.15, -0.1) is 0 Å². The van der Waals surface area contributed by atoms with Crippen LogP contribution < -0.4 is 11.1 Å². The summed E-state index contributed by atoms with van der Waals surface area (Å²) in [4.78, 5) is 11.3. The van der Waals surface area contributed by atoms with E-state index in [1.807, 2.05) is 6.92 Å². The number of nitrogens with one attached hydrogen (secondary N) is 1. The predicted octanol–water partition coefficient (Wildman–Crippen LogP) is 1.05. The van der Waals surface area contributed by atoms with Crippen LogP contribution in [0, 0.1) is 5.92 Å². The van der Waals surface area contributed by atoms with Crippen molar-refractivity contribution in [3.05, 3.63) is 0 Å². The van der Waals surface area contributed by atoms with Gasteiger partial charge in [-0.05, 0) is 25.7 Å². The van der Waals surface area contributed by atoms with Crippen LogP contribution in [0.4, 0.5) is 0 Å². The maximum atomic E-state index is 11.3. The highest BCUT2D eigenvalue weighted by atomic mass is 16.5. The van der Waals surface area contributed by atoms with E-state index < -0.39 is 6.04 Å². The summed E-state index contributed by atoms with van der Waals surface area (Å²) < 4.78 is 5.68. The molecule has 0 aliphatic heterocycles. The average Bonchev–Trinajstić information content (AvgIpc) is 2.35. The summed E-state index contributed by atoms with van der Waals surface area (Å²) in [7, 11) is 1.59.